The molecule has 0 saturated carbocycles. The number of carbonyl (C=O) groups is 1. The maximum Gasteiger partial charge on any atom is 0.241 e. The lowest BCUT2D eigenvalue weighted by molar-refractivity contribution is -0.128. The molecule has 0 spiro atoms. The van der Waals surface area contributed by atoms with Crippen LogP contribution in [0, 0.1) is 0 Å². The van der Waals surface area contributed by atoms with E-state index in [2.05, 4.69) is 19.2 Å². The first-order chi connectivity index (χ1) is 9.67. The molecular formula is C16H24N2O2. The predicted molar refractivity (Wildman–Crippen MR) is 79.6 cm³/mol. The third-order valence-electron chi connectivity index (χ3n) is 3.64. The fourth-order valence-electron chi connectivity index (χ4n) is 2.53. The number of hydrogen-bond donors (Lipinski definition) is 1. The maximum atomic E-state index is 12.1. The molecule has 1 fully saturated rings. The quantitative estimate of drug-likeness (QED) is 0.868. The van der Waals surface area contributed by atoms with Gasteiger partial charge in [-0.1, -0.05) is 32.4 Å². The van der Waals surface area contributed by atoms with Gasteiger partial charge in [0.15, 0.2) is 0 Å². The maximum absolute atomic E-state index is 12.1. The Morgan fingerprint density at radius 1 is 1.20 bits per heavy atom. The van der Waals surface area contributed by atoms with E-state index in [-0.39, 0.29) is 18.1 Å². The van der Waals surface area contributed by atoms with Crippen LogP contribution in [0.3, 0.4) is 0 Å². The monoisotopic (exact) mass is 276 g/mol. The SMILES string of the molecule is CCCOc1ccc(C2NC(CCC)C(=O)N2C)cc1. The Labute approximate surface area is 121 Å². The number of hydrogen-bond acceptors (Lipinski definition) is 3. The normalized spacial score (nSPS) is 22.4. The Hall–Kier alpha value is -1.55. The Morgan fingerprint density at radius 2 is 1.90 bits per heavy atom. The number of carbonyl (C=O) groups excluding carboxylic acids is 1. The van der Waals surface area contributed by atoms with Crippen molar-refractivity contribution in [3.8, 4) is 5.75 Å². The number of ether oxygens (including phenoxy) is 1. The molecule has 2 atom stereocenters. The van der Waals surface area contributed by atoms with Crippen LogP contribution in [0.1, 0.15) is 44.8 Å². The molecule has 1 aliphatic heterocycles. The lowest BCUT2D eigenvalue weighted by Gasteiger charge is -2.20. The van der Waals surface area contributed by atoms with Gasteiger partial charge in [0.2, 0.25) is 5.91 Å². The van der Waals surface area contributed by atoms with Crippen molar-refractivity contribution in [1.82, 2.24) is 10.2 Å². The fourth-order valence-corrected chi connectivity index (χ4v) is 2.53. The van der Waals surface area contributed by atoms with Gasteiger partial charge in [-0.2, -0.15) is 0 Å². The summed E-state index contributed by atoms with van der Waals surface area (Å²) in [6.07, 6.45) is 2.87. The predicted octanol–water partition coefficient (Wildman–Crippen LogP) is 2.70. The summed E-state index contributed by atoms with van der Waals surface area (Å²) in [6, 6.07) is 7.95. The van der Waals surface area contributed by atoms with Crippen molar-refractivity contribution in [3.63, 3.8) is 0 Å². The standard InChI is InChI=1S/C16H24N2O2/c1-4-6-14-16(19)18(3)15(17-14)12-7-9-13(10-8-12)20-11-5-2/h7-10,14-15,17H,4-6,11H2,1-3H3. The van der Waals surface area contributed by atoms with Gasteiger partial charge in [0.25, 0.3) is 0 Å². The molecule has 2 rings (SSSR count). The highest BCUT2D eigenvalue weighted by Crippen LogP contribution is 2.26. The van der Waals surface area contributed by atoms with Crippen molar-refractivity contribution in [2.45, 2.75) is 45.3 Å². The number of amides is 1. The molecule has 1 aliphatic rings. The molecule has 0 aromatic heterocycles. The van der Waals surface area contributed by atoms with Crippen molar-refractivity contribution in [1.29, 1.82) is 0 Å². The molecule has 1 N–H and O–H groups in total. The van der Waals surface area contributed by atoms with E-state index in [0.717, 1.165) is 37.2 Å². The van der Waals surface area contributed by atoms with Crippen LogP contribution < -0.4 is 10.1 Å². The van der Waals surface area contributed by atoms with Crippen molar-refractivity contribution in [3.05, 3.63) is 29.8 Å². The summed E-state index contributed by atoms with van der Waals surface area (Å²) in [5.74, 6) is 1.07. The molecule has 1 amide bonds. The minimum atomic E-state index is -0.0500. The zero-order valence-electron chi connectivity index (χ0n) is 12.6. The highest BCUT2D eigenvalue weighted by Gasteiger charge is 2.36. The Kier molecular flexibility index (Phi) is 5.01. The van der Waals surface area contributed by atoms with Crippen LogP contribution in [0.4, 0.5) is 0 Å². The molecule has 0 bridgehead atoms. The summed E-state index contributed by atoms with van der Waals surface area (Å²) in [7, 11) is 1.86. The van der Waals surface area contributed by atoms with E-state index >= 15 is 0 Å². The second-order valence-electron chi connectivity index (χ2n) is 5.28. The molecule has 0 aliphatic carbocycles. The van der Waals surface area contributed by atoms with Gasteiger partial charge in [-0.3, -0.25) is 10.1 Å². The Bertz CT molecular complexity index is 444. The fraction of sp³-hybridized carbons (Fsp3) is 0.562. The lowest BCUT2D eigenvalue weighted by Crippen LogP contribution is -2.28. The third kappa shape index (κ3) is 3.12. The molecule has 0 radical (unpaired) electrons. The van der Waals surface area contributed by atoms with Gasteiger partial charge >= 0.3 is 0 Å². The van der Waals surface area contributed by atoms with Gasteiger partial charge in [0.05, 0.1) is 12.6 Å². The molecule has 1 saturated heterocycles. The highest BCUT2D eigenvalue weighted by atomic mass is 16.5. The molecule has 2 unspecified atom stereocenters. The minimum Gasteiger partial charge on any atom is -0.494 e. The molecule has 1 aromatic carbocycles. The van der Waals surface area contributed by atoms with Crippen LogP contribution in [-0.4, -0.2) is 30.5 Å². The van der Waals surface area contributed by atoms with Crippen LogP contribution in [0.25, 0.3) is 0 Å². The average Bonchev–Trinajstić information content (AvgIpc) is 2.75. The van der Waals surface area contributed by atoms with E-state index in [9.17, 15) is 4.79 Å². The molecule has 4 nitrogen and oxygen atoms in total. The second-order valence-corrected chi connectivity index (χ2v) is 5.28. The van der Waals surface area contributed by atoms with Crippen LogP contribution in [-0.2, 0) is 4.79 Å². The second kappa shape index (κ2) is 6.75. The molecule has 1 heterocycles. The van der Waals surface area contributed by atoms with E-state index in [1.807, 2.05) is 31.3 Å². The van der Waals surface area contributed by atoms with E-state index in [0.29, 0.717) is 0 Å². The summed E-state index contributed by atoms with van der Waals surface area (Å²) >= 11 is 0. The van der Waals surface area contributed by atoms with Crippen LogP contribution in [0.2, 0.25) is 0 Å². The van der Waals surface area contributed by atoms with E-state index in [4.69, 9.17) is 4.74 Å². The molecular weight excluding hydrogens is 252 g/mol. The number of nitrogens with one attached hydrogen (secondary N) is 1. The van der Waals surface area contributed by atoms with Gasteiger partial charge in [0.1, 0.15) is 11.9 Å². The van der Waals surface area contributed by atoms with Crippen molar-refractivity contribution < 1.29 is 9.53 Å². The first-order valence-corrected chi connectivity index (χ1v) is 7.42. The zero-order chi connectivity index (χ0) is 14.5. The molecule has 4 heteroatoms. The summed E-state index contributed by atoms with van der Waals surface area (Å²) in [5.41, 5.74) is 1.10. The number of benzene rings is 1. The van der Waals surface area contributed by atoms with Gasteiger partial charge in [-0.05, 0) is 30.5 Å². The Balaban J connectivity index is 2.06. The number of rotatable bonds is 6. The third-order valence-corrected chi connectivity index (χ3v) is 3.64. The zero-order valence-corrected chi connectivity index (χ0v) is 12.6. The van der Waals surface area contributed by atoms with E-state index < -0.39 is 0 Å². The molecule has 1 aromatic rings. The molecule has 20 heavy (non-hydrogen) atoms. The average molecular weight is 276 g/mol. The Morgan fingerprint density at radius 3 is 2.50 bits per heavy atom. The molecule has 110 valence electrons. The van der Waals surface area contributed by atoms with Crippen molar-refractivity contribution in [2.75, 3.05) is 13.7 Å². The number of nitrogens with zero attached hydrogens (tertiary/aromatic N) is 1. The summed E-state index contributed by atoms with van der Waals surface area (Å²) in [4.78, 5) is 13.9. The van der Waals surface area contributed by atoms with Gasteiger partial charge in [0, 0.05) is 7.05 Å². The van der Waals surface area contributed by atoms with Gasteiger partial charge in [-0.15, -0.1) is 0 Å². The summed E-state index contributed by atoms with van der Waals surface area (Å²) in [5, 5.41) is 3.41. The van der Waals surface area contributed by atoms with Gasteiger partial charge < -0.3 is 9.64 Å². The van der Waals surface area contributed by atoms with Crippen LogP contribution in [0.5, 0.6) is 5.75 Å². The highest BCUT2D eigenvalue weighted by molar-refractivity contribution is 5.84. The lowest BCUT2D eigenvalue weighted by atomic mass is 10.1. The first kappa shape index (κ1) is 14.9. The first-order valence-electron chi connectivity index (χ1n) is 7.42. The van der Waals surface area contributed by atoms with E-state index in [1.165, 1.54) is 0 Å². The van der Waals surface area contributed by atoms with Crippen molar-refractivity contribution in [2.24, 2.45) is 0 Å². The van der Waals surface area contributed by atoms with Gasteiger partial charge in [-0.25, -0.2) is 0 Å². The minimum absolute atomic E-state index is 0.0284. The smallest absolute Gasteiger partial charge is 0.241 e. The summed E-state index contributed by atoms with van der Waals surface area (Å²) in [6.45, 7) is 4.92. The van der Waals surface area contributed by atoms with Crippen LogP contribution >= 0.6 is 0 Å². The number of likely N-dealkylation sites (N-methyl/N-ethyl adjacent to an activating group) is 1. The van der Waals surface area contributed by atoms with Crippen LogP contribution in [0.15, 0.2) is 24.3 Å². The van der Waals surface area contributed by atoms with E-state index in [1.54, 1.807) is 4.90 Å². The topological polar surface area (TPSA) is 41.6 Å². The van der Waals surface area contributed by atoms with Crippen molar-refractivity contribution >= 4 is 5.91 Å². The summed E-state index contributed by atoms with van der Waals surface area (Å²) < 4.78 is 5.58. The largest absolute Gasteiger partial charge is 0.494 e.